The Kier molecular flexibility index (Phi) is 5.53. The molecule has 1 N–H and O–H groups in total. The molecule has 0 bridgehead atoms. The molecule has 0 radical (unpaired) electrons. The summed E-state index contributed by atoms with van der Waals surface area (Å²) in [5, 5.41) is 9.02. The van der Waals surface area contributed by atoms with Crippen molar-refractivity contribution in [2.24, 2.45) is 0 Å². The highest BCUT2D eigenvalue weighted by Crippen LogP contribution is 2.31. The Morgan fingerprint density at radius 3 is 2.17 bits per heavy atom. The average Bonchev–Trinajstić information content (AvgIpc) is 2.77. The van der Waals surface area contributed by atoms with Gasteiger partial charge < -0.3 is 10.0 Å². The van der Waals surface area contributed by atoms with Crippen LogP contribution in [0.1, 0.15) is 33.1 Å². The molecular formula is C23H24N4O2. The molecule has 1 saturated heterocycles. The van der Waals surface area contributed by atoms with E-state index in [0.717, 1.165) is 26.2 Å². The second kappa shape index (κ2) is 8.41. The number of carbonyl (C=O) groups is 1. The molecule has 29 heavy (non-hydrogen) atoms. The molecule has 4 rings (SSSR count). The first kappa shape index (κ1) is 19.1. The van der Waals surface area contributed by atoms with Gasteiger partial charge in [0.05, 0.1) is 11.6 Å². The lowest BCUT2D eigenvalue weighted by atomic mass is 9.93. The van der Waals surface area contributed by atoms with E-state index in [0.29, 0.717) is 5.95 Å². The molecule has 1 aliphatic rings. The molecule has 2 heterocycles. The minimum atomic E-state index is -1.01. The summed E-state index contributed by atoms with van der Waals surface area (Å²) >= 11 is 0. The van der Waals surface area contributed by atoms with Crippen LogP contribution in [0.5, 0.6) is 0 Å². The van der Waals surface area contributed by atoms with E-state index in [2.05, 4.69) is 81.3 Å². The van der Waals surface area contributed by atoms with Gasteiger partial charge in [0.15, 0.2) is 0 Å². The maximum Gasteiger partial charge on any atom is 0.338 e. The standard InChI is InChI=1S/C23H24N4O2/c1-17-7-5-6-10-20(17)21(18-8-3-2-4-9-18)26-11-13-27(14-12-26)23-24-15-19(16-25-23)22(28)29/h2-10,15-16,21H,11-14H2,1H3,(H,28,29). The van der Waals surface area contributed by atoms with E-state index in [9.17, 15) is 4.79 Å². The SMILES string of the molecule is Cc1ccccc1C(c1ccccc1)N1CCN(c2ncc(C(=O)O)cn2)CC1. The maximum absolute atomic E-state index is 11.0. The van der Waals surface area contributed by atoms with E-state index in [4.69, 9.17) is 5.11 Å². The number of aromatic carboxylic acids is 1. The molecule has 6 nitrogen and oxygen atoms in total. The molecule has 1 fully saturated rings. The summed E-state index contributed by atoms with van der Waals surface area (Å²) in [6.07, 6.45) is 2.74. The average molecular weight is 388 g/mol. The zero-order valence-electron chi connectivity index (χ0n) is 16.4. The van der Waals surface area contributed by atoms with Crippen molar-refractivity contribution in [3.8, 4) is 0 Å². The summed E-state index contributed by atoms with van der Waals surface area (Å²) in [6, 6.07) is 19.4. The Labute approximate surface area is 170 Å². The maximum atomic E-state index is 11.0. The van der Waals surface area contributed by atoms with E-state index in [-0.39, 0.29) is 11.6 Å². The van der Waals surface area contributed by atoms with Crippen LogP contribution in [0.2, 0.25) is 0 Å². The van der Waals surface area contributed by atoms with Gasteiger partial charge in [-0.1, -0.05) is 54.6 Å². The van der Waals surface area contributed by atoms with Gasteiger partial charge in [-0.3, -0.25) is 4.90 Å². The minimum Gasteiger partial charge on any atom is -0.478 e. The van der Waals surface area contributed by atoms with Crippen LogP contribution < -0.4 is 4.90 Å². The fourth-order valence-corrected chi connectivity index (χ4v) is 3.89. The third-order valence-electron chi connectivity index (χ3n) is 5.45. The number of carboxylic acids is 1. The van der Waals surface area contributed by atoms with Crippen LogP contribution >= 0.6 is 0 Å². The fraction of sp³-hybridized carbons (Fsp3) is 0.261. The van der Waals surface area contributed by atoms with Crippen LogP contribution in [0.15, 0.2) is 67.0 Å². The Morgan fingerprint density at radius 1 is 0.931 bits per heavy atom. The van der Waals surface area contributed by atoms with Crippen molar-refractivity contribution in [3.05, 3.63) is 89.2 Å². The third kappa shape index (κ3) is 4.12. The number of benzene rings is 2. The molecule has 0 spiro atoms. The largest absolute Gasteiger partial charge is 0.478 e. The normalized spacial score (nSPS) is 15.8. The molecule has 1 aliphatic heterocycles. The van der Waals surface area contributed by atoms with Gasteiger partial charge in [-0.25, -0.2) is 14.8 Å². The number of rotatable bonds is 5. The Hall–Kier alpha value is -3.25. The fourth-order valence-electron chi connectivity index (χ4n) is 3.89. The van der Waals surface area contributed by atoms with Gasteiger partial charge in [0.25, 0.3) is 0 Å². The van der Waals surface area contributed by atoms with Gasteiger partial charge in [0, 0.05) is 38.6 Å². The number of anilines is 1. The number of piperazine rings is 1. The van der Waals surface area contributed by atoms with Crippen LogP contribution in [0.25, 0.3) is 0 Å². The second-order valence-corrected chi connectivity index (χ2v) is 7.27. The molecule has 0 aliphatic carbocycles. The predicted molar refractivity (Wildman–Crippen MR) is 112 cm³/mol. The van der Waals surface area contributed by atoms with Crippen molar-refractivity contribution in [1.29, 1.82) is 0 Å². The van der Waals surface area contributed by atoms with Crippen LogP contribution in [-0.2, 0) is 0 Å². The van der Waals surface area contributed by atoms with Crippen molar-refractivity contribution >= 4 is 11.9 Å². The molecule has 1 aromatic heterocycles. The van der Waals surface area contributed by atoms with Crippen molar-refractivity contribution in [2.45, 2.75) is 13.0 Å². The highest BCUT2D eigenvalue weighted by Gasteiger charge is 2.28. The smallest absolute Gasteiger partial charge is 0.338 e. The lowest BCUT2D eigenvalue weighted by Crippen LogP contribution is -2.48. The first-order chi connectivity index (χ1) is 14.1. The first-order valence-electron chi connectivity index (χ1n) is 9.78. The molecule has 6 heteroatoms. The lowest BCUT2D eigenvalue weighted by molar-refractivity contribution is 0.0696. The highest BCUT2D eigenvalue weighted by atomic mass is 16.4. The zero-order chi connectivity index (χ0) is 20.2. The quantitative estimate of drug-likeness (QED) is 0.723. The van der Waals surface area contributed by atoms with Crippen molar-refractivity contribution in [1.82, 2.24) is 14.9 Å². The van der Waals surface area contributed by atoms with Crippen LogP contribution in [0, 0.1) is 6.92 Å². The zero-order valence-corrected chi connectivity index (χ0v) is 16.4. The Morgan fingerprint density at radius 2 is 1.55 bits per heavy atom. The molecule has 1 atom stereocenters. The Bertz CT molecular complexity index is 968. The number of hydrogen-bond donors (Lipinski definition) is 1. The summed E-state index contributed by atoms with van der Waals surface area (Å²) in [6.45, 7) is 5.50. The van der Waals surface area contributed by atoms with Crippen molar-refractivity contribution < 1.29 is 9.90 Å². The molecular weight excluding hydrogens is 364 g/mol. The molecule has 3 aromatic rings. The van der Waals surface area contributed by atoms with E-state index in [1.54, 1.807) is 0 Å². The van der Waals surface area contributed by atoms with Crippen molar-refractivity contribution in [2.75, 3.05) is 31.1 Å². The minimum absolute atomic E-state index is 0.107. The van der Waals surface area contributed by atoms with Crippen LogP contribution in [-0.4, -0.2) is 52.1 Å². The summed E-state index contributed by atoms with van der Waals surface area (Å²) in [7, 11) is 0. The van der Waals surface area contributed by atoms with Gasteiger partial charge in [0.1, 0.15) is 0 Å². The summed E-state index contributed by atoms with van der Waals surface area (Å²) in [4.78, 5) is 24.1. The van der Waals surface area contributed by atoms with Gasteiger partial charge in [-0.05, 0) is 23.6 Å². The molecule has 148 valence electrons. The highest BCUT2D eigenvalue weighted by molar-refractivity contribution is 5.86. The van der Waals surface area contributed by atoms with E-state index >= 15 is 0 Å². The van der Waals surface area contributed by atoms with Crippen LogP contribution in [0.3, 0.4) is 0 Å². The van der Waals surface area contributed by atoms with Crippen LogP contribution in [0.4, 0.5) is 5.95 Å². The van der Waals surface area contributed by atoms with E-state index in [1.165, 1.54) is 29.1 Å². The topological polar surface area (TPSA) is 69.6 Å². The number of aryl methyl sites for hydroxylation is 1. The summed E-state index contributed by atoms with van der Waals surface area (Å²) in [5.41, 5.74) is 4.01. The van der Waals surface area contributed by atoms with E-state index < -0.39 is 5.97 Å². The summed E-state index contributed by atoms with van der Waals surface area (Å²) in [5.74, 6) is -0.424. The Balaban J connectivity index is 1.54. The molecule has 1 unspecified atom stereocenters. The number of nitrogens with zero attached hydrogens (tertiary/aromatic N) is 4. The number of carboxylic acid groups (broad SMARTS) is 1. The third-order valence-corrected chi connectivity index (χ3v) is 5.45. The second-order valence-electron chi connectivity index (χ2n) is 7.27. The molecule has 0 amide bonds. The molecule has 0 saturated carbocycles. The lowest BCUT2D eigenvalue weighted by Gasteiger charge is -2.40. The molecule has 2 aromatic carbocycles. The van der Waals surface area contributed by atoms with Crippen molar-refractivity contribution in [3.63, 3.8) is 0 Å². The van der Waals surface area contributed by atoms with Gasteiger partial charge in [-0.2, -0.15) is 0 Å². The monoisotopic (exact) mass is 388 g/mol. The van der Waals surface area contributed by atoms with Gasteiger partial charge in [0.2, 0.25) is 5.95 Å². The number of aromatic nitrogens is 2. The van der Waals surface area contributed by atoms with Gasteiger partial charge >= 0.3 is 5.97 Å². The summed E-state index contributed by atoms with van der Waals surface area (Å²) < 4.78 is 0. The first-order valence-corrected chi connectivity index (χ1v) is 9.78. The van der Waals surface area contributed by atoms with Gasteiger partial charge in [-0.15, -0.1) is 0 Å². The predicted octanol–water partition coefficient (Wildman–Crippen LogP) is 3.39. The van der Waals surface area contributed by atoms with E-state index in [1.807, 2.05) is 0 Å². The number of hydrogen-bond acceptors (Lipinski definition) is 5.